The molecule has 0 saturated carbocycles. The summed E-state index contributed by atoms with van der Waals surface area (Å²) in [6.07, 6.45) is 1.77. The van der Waals surface area contributed by atoms with Crippen LogP contribution in [0, 0.1) is 12.7 Å². The molecule has 6 nitrogen and oxygen atoms in total. The predicted molar refractivity (Wildman–Crippen MR) is 107 cm³/mol. The molecule has 0 spiro atoms. The lowest BCUT2D eigenvalue weighted by molar-refractivity contribution is 0.584. The van der Waals surface area contributed by atoms with Gasteiger partial charge >= 0.3 is 0 Å². The first-order valence-electron chi connectivity index (χ1n) is 7.53. The van der Waals surface area contributed by atoms with E-state index in [2.05, 4.69) is 20.3 Å². The molecule has 0 saturated heterocycles. The Hall–Kier alpha value is -0.940. The van der Waals surface area contributed by atoms with Crippen LogP contribution in [0.25, 0.3) is 0 Å². The van der Waals surface area contributed by atoms with Crippen LogP contribution in [0.5, 0.6) is 0 Å². The van der Waals surface area contributed by atoms with Crippen molar-refractivity contribution in [2.24, 2.45) is 4.99 Å². The lowest BCUT2D eigenvalue weighted by Gasteiger charge is -2.11. The van der Waals surface area contributed by atoms with Crippen LogP contribution in [0.1, 0.15) is 24.5 Å². The van der Waals surface area contributed by atoms with Gasteiger partial charge in [-0.05, 0) is 37.5 Å². The zero-order chi connectivity index (χ0) is 17.3. The molecule has 0 aliphatic rings. The van der Waals surface area contributed by atoms with Crippen LogP contribution in [0.4, 0.5) is 4.39 Å². The molecule has 3 N–H and O–H groups in total. The molecule has 9 heteroatoms. The van der Waals surface area contributed by atoms with Crippen LogP contribution >= 0.6 is 24.0 Å². The lowest BCUT2D eigenvalue weighted by Crippen LogP contribution is -2.38. The van der Waals surface area contributed by atoms with Gasteiger partial charge in [0.2, 0.25) is 10.0 Å². The molecule has 0 aromatic heterocycles. The standard InChI is InChI=1S/C15H25FN4O2S.HI/c1-4-17-15(18-8-5-9-20-23(3,21)22)19-11-13-7-6-12(2)14(16)10-13;/h6-7,10,20H,4-5,8-9,11H2,1-3H3,(H2,17,18,19);1H. The predicted octanol–water partition coefficient (Wildman–Crippen LogP) is 1.75. The van der Waals surface area contributed by atoms with Crippen LogP contribution < -0.4 is 15.4 Å². The molecule has 0 atom stereocenters. The van der Waals surface area contributed by atoms with Gasteiger partial charge in [-0.15, -0.1) is 24.0 Å². The molecule has 138 valence electrons. The third kappa shape index (κ3) is 10.0. The van der Waals surface area contributed by atoms with Crippen molar-refractivity contribution in [3.8, 4) is 0 Å². The van der Waals surface area contributed by atoms with Gasteiger partial charge in [-0.1, -0.05) is 12.1 Å². The summed E-state index contributed by atoms with van der Waals surface area (Å²) in [5.41, 5.74) is 1.41. The van der Waals surface area contributed by atoms with E-state index in [0.717, 1.165) is 11.8 Å². The summed E-state index contributed by atoms with van der Waals surface area (Å²) in [6, 6.07) is 5.07. The molecule has 1 aromatic carbocycles. The number of rotatable bonds is 8. The fourth-order valence-corrected chi connectivity index (χ4v) is 2.31. The minimum absolute atomic E-state index is 0. The summed E-state index contributed by atoms with van der Waals surface area (Å²) in [7, 11) is -3.15. The number of hydrogen-bond donors (Lipinski definition) is 3. The summed E-state index contributed by atoms with van der Waals surface area (Å²) in [5.74, 6) is 0.385. The van der Waals surface area contributed by atoms with Crippen molar-refractivity contribution in [2.75, 3.05) is 25.9 Å². The zero-order valence-corrected chi connectivity index (χ0v) is 17.4. The van der Waals surface area contributed by atoms with Crippen molar-refractivity contribution in [2.45, 2.75) is 26.8 Å². The quantitative estimate of drug-likeness (QED) is 0.233. The second-order valence-corrected chi connectivity index (χ2v) is 7.06. The maximum absolute atomic E-state index is 13.5. The summed E-state index contributed by atoms with van der Waals surface area (Å²) >= 11 is 0. The molecule has 0 heterocycles. The average molecular weight is 472 g/mol. The fraction of sp³-hybridized carbons (Fsp3) is 0.533. The van der Waals surface area contributed by atoms with E-state index in [9.17, 15) is 12.8 Å². The molecule has 24 heavy (non-hydrogen) atoms. The smallest absolute Gasteiger partial charge is 0.208 e. The summed E-state index contributed by atoms with van der Waals surface area (Å²) in [4.78, 5) is 4.39. The zero-order valence-electron chi connectivity index (χ0n) is 14.2. The molecule has 0 fully saturated rings. The minimum atomic E-state index is -3.15. The second-order valence-electron chi connectivity index (χ2n) is 5.23. The van der Waals surface area contributed by atoms with Crippen molar-refractivity contribution in [3.63, 3.8) is 0 Å². The normalized spacial score (nSPS) is 11.8. The number of guanidine groups is 1. The second kappa shape index (κ2) is 11.6. The van der Waals surface area contributed by atoms with Gasteiger partial charge in [0, 0.05) is 19.6 Å². The van der Waals surface area contributed by atoms with E-state index in [1.807, 2.05) is 13.0 Å². The van der Waals surface area contributed by atoms with Gasteiger partial charge in [-0.2, -0.15) is 0 Å². The van der Waals surface area contributed by atoms with E-state index in [1.165, 1.54) is 6.07 Å². The number of hydrogen-bond acceptors (Lipinski definition) is 3. The van der Waals surface area contributed by atoms with E-state index >= 15 is 0 Å². The maximum Gasteiger partial charge on any atom is 0.208 e. The van der Waals surface area contributed by atoms with Gasteiger partial charge in [0.1, 0.15) is 5.82 Å². The SMILES string of the molecule is CCNC(=NCc1ccc(C)c(F)c1)NCCCNS(C)(=O)=O.I. The van der Waals surface area contributed by atoms with Gasteiger partial charge in [-0.25, -0.2) is 22.5 Å². The molecule has 0 bridgehead atoms. The lowest BCUT2D eigenvalue weighted by atomic mass is 10.1. The highest BCUT2D eigenvalue weighted by molar-refractivity contribution is 14.0. The van der Waals surface area contributed by atoms with Crippen molar-refractivity contribution >= 4 is 40.0 Å². The summed E-state index contributed by atoms with van der Waals surface area (Å²) in [5, 5.41) is 6.21. The van der Waals surface area contributed by atoms with E-state index in [0.29, 0.717) is 44.1 Å². The van der Waals surface area contributed by atoms with Crippen molar-refractivity contribution < 1.29 is 12.8 Å². The van der Waals surface area contributed by atoms with Gasteiger partial charge in [-0.3, -0.25) is 0 Å². The summed E-state index contributed by atoms with van der Waals surface area (Å²) in [6.45, 7) is 5.70. The number of halogens is 2. The van der Waals surface area contributed by atoms with Gasteiger partial charge in [0.15, 0.2) is 5.96 Å². The molecule has 0 unspecified atom stereocenters. The number of aryl methyl sites for hydroxylation is 1. The van der Waals surface area contributed by atoms with E-state index in [-0.39, 0.29) is 29.8 Å². The average Bonchev–Trinajstić information content (AvgIpc) is 2.46. The molecule has 0 aliphatic heterocycles. The monoisotopic (exact) mass is 472 g/mol. The van der Waals surface area contributed by atoms with Crippen LogP contribution in [-0.4, -0.2) is 40.3 Å². The first-order valence-corrected chi connectivity index (χ1v) is 9.43. The molecule has 0 radical (unpaired) electrons. The van der Waals surface area contributed by atoms with Gasteiger partial charge in [0.25, 0.3) is 0 Å². The molecule has 0 amide bonds. The highest BCUT2D eigenvalue weighted by Crippen LogP contribution is 2.09. The van der Waals surface area contributed by atoms with Crippen molar-refractivity contribution in [1.29, 1.82) is 0 Å². The maximum atomic E-state index is 13.5. The first kappa shape index (κ1) is 23.1. The van der Waals surface area contributed by atoms with Crippen molar-refractivity contribution in [1.82, 2.24) is 15.4 Å². The summed E-state index contributed by atoms with van der Waals surface area (Å²) < 4.78 is 37.8. The molecular weight excluding hydrogens is 446 g/mol. The Bertz CT molecular complexity index is 638. The number of nitrogens with one attached hydrogen (secondary N) is 3. The van der Waals surface area contributed by atoms with E-state index < -0.39 is 10.0 Å². The Labute approximate surface area is 160 Å². The van der Waals surface area contributed by atoms with Gasteiger partial charge in [0.05, 0.1) is 12.8 Å². The first-order chi connectivity index (χ1) is 10.8. The number of benzene rings is 1. The van der Waals surface area contributed by atoms with Crippen LogP contribution in [0.3, 0.4) is 0 Å². The number of sulfonamides is 1. The fourth-order valence-electron chi connectivity index (χ4n) is 1.80. The Balaban J connectivity index is 0.00000529. The molecular formula is C15H26FIN4O2S. The largest absolute Gasteiger partial charge is 0.357 e. The topological polar surface area (TPSA) is 82.6 Å². The Morgan fingerprint density at radius 1 is 1.25 bits per heavy atom. The van der Waals surface area contributed by atoms with Crippen LogP contribution in [0.15, 0.2) is 23.2 Å². The Kier molecular flexibility index (Phi) is 11.1. The highest BCUT2D eigenvalue weighted by Gasteiger charge is 2.02. The van der Waals surface area contributed by atoms with Crippen LogP contribution in [-0.2, 0) is 16.6 Å². The molecule has 1 rings (SSSR count). The number of aliphatic imine (C=N–C) groups is 1. The third-order valence-corrected chi connectivity index (χ3v) is 3.74. The van der Waals surface area contributed by atoms with E-state index in [1.54, 1.807) is 13.0 Å². The van der Waals surface area contributed by atoms with E-state index in [4.69, 9.17) is 0 Å². The number of nitrogens with zero attached hydrogens (tertiary/aromatic N) is 1. The molecule has 1 aromatic rings. The minimum Gasteiger partial charge on any atom is -0.357 e. The Morgan fingerprint density at radius 3 is 2.54 bits per heavy atom. The van der Waals surface area contributed by atoms with Crippen molar-refractivity contribution in [3.05, 3.63) is 35.1 Å². The molecule has 0 aliphatic carbocycles. The van der Waals surface area contributed by atoms with Crippen LogP contribution in [0.2, 0.25) is 0 Å². The third-order valence-electron chi connectivity index (χ3n) is 3.01. The Morgan fingerprint density at radius 2 is 1.96 bits per heavy atom. The van der Waals surface area contributed by atoms with Gasteiger partial charge < -0.3 is 10.6 Å². The highest BCUT2D eigenvalue weighted by atomic mass is 127.